The third kappa shape index (κ3) is 2.32. The lowest BCUT2D eigenvalue weighted by atomic mass is 10.4. The third-order valence-electron chi connectivity index (χ3n) is 2.05. The van der Waals surface area contributed by atoms with Crippen LogP contribution in [-0.2, 0) is 0 Å². The van der Waals surface area contributed by atoms with Gasteiger partial charge in [0.15, 0.2) is 5.82 Å². The maximum absolute atomic E-state index is 6.01. The summed E-state index contributed by atoms with van der Waals surface area (Å²) in [6.45, 7) is 3.95. The first-order chi connectivity index (χ1) is 7.49. The van der Waals surface area contributed by atoms with E-state index in [-0.39, 0.29) is 0 Å². The molecule has 2 rings (SSSR count). The predicted molar refractivity (Wildman–Crippen MR) is 75.2 cm³/mol. The average Bonchev–Trinajstić information content (AvgIpc) is 2.55. The molecule has 0 radical (unpaired) electrons. The van der Waals surface area contributed by atoms with Crippen LogP contribution in [0.3, 0.4) is 0 Å². The molecule has 0 aromatic carbocycles. The quantitative estimate of drug-likeness (QED) is 0.649. The van der Waals surface area contributed by atoms with Crippen molar-refractivity contribution in [3.05, 3.63) is 30.7 Å². The lowest BCUT2D eigenvalue weighted by molar-refractivity contribution is 1.10. The molecule has 0 spiro atoms. The van der Waals surface area contributed by atoms with Crippen LogP contribution in [0.15, 0.2) is 15.0 Å². The summed E-state index contributed by atoms with van der Waals surface area (Å²) in [5.74, 6) is 0.671. The molecule has 0 bridgehead atoms. The van der Waals surface area contributed by atoms with Gasteiger partial charge in [0.1, 0.15) is 5.15 Å². The molecule has 2 aromatic heterocycles. The molecule has 0 amide bonds. The number of hydrogen-bond donors (Lipinski definition) is 0. The largest absolute Gasteiger partial charge is 0.231 e. The normalized spacial score (nSPS) is 10.8. The van der Waals surface area contributed by atoms with E-state index >= 15 is 0 Å². The second-order valence-electron chi connectivity index (χ2n) is 3.25. The maximum atomic E-state index is 6.01. The zero-order chi connectivity index (χ0) is 11.9. The number of hydrogen-bond acceptors (Lipinski definition) is 3. The van der Waals surface area contributed by atoms with Gasteiger partial charge >= 0.3 is 0 Å². The highest BCUT2D eigenvalue weighted by Crippen LogP contribution is 2.34. The van der Waals surface area contributed by atoms with Crippen LogP contribution in [0, 0.1) is 13.8 Å². The van der Waals surface area contributed by atoms with Crippen LogP contribution in [-0.4, -0.2) is 9.97 Å². The van der Waals surface area contributed by atoms with Crippen LogP contribution in [0.2, 0.25) is 5.15 Å². The van der Waals surface area contributed by atoms with Crippen molar-refractivity contribution in [1.82, 2.24) is 9.97 Å². The molecule has 0 fully saturated rings. The third-order valence-corrected chi connectivity index (χ3v) is 5.64. The monoisotopic (exact) mass is 380 g/mol. The first-order valence-electron chi connectivity index (χ1n) is 4.45. The molecule has 0 saturated heterocycles. The van der Waals surface area contributed by atoms with Crippen LogP contribution in [0.5, 0.6) is 0 Å². The van der Waals surface area contributed by atoms with Crippen molar-refractivity contribution >= 4 is 54.8 Å². The summed E-state index contributed by atoms with van der Waals surface area (Å²) >= 11 is 14.5. The highest BCUT2D eigenvalue weighted by molar-refractivity contribution is 9.11. The Hall–Kier alpha value is 0.0300. The molecule has 2 nitrogen and oxygen atoms in total. The fourth-order valence-corrected chi connectivity index (χ4v) is 3.07. The Morgan fingerprint density at radius 2 is 1.94 bits per heavy atom. The summed E-state index contributed by atoms with van der Waals surface area (Å²) in [4.78, 5) is 10.9. The summed E-state index contributed by atoms with van der Waals surface area (Å²) in [7, 11) is 0. The van der Waals surface area contributed by atoms with Gasteiger partial charge in [0.2, 0.25) is 0 Å². The van der Waals surface area contributed by atoms with Crippen LogP contribution in [0.1, 0.15) is 10.6 Å². The van der Waals surface area contributed by atoms with Crippen LogP contribution in [0.25, 0.3) is 10.7 Å². The Labute approximate surface area is 119 Å². The number of thiophene rings is 1. The molecule has 0 aliphatic carbocycles. The van der Waals surface area contributed by atoms with Crippen molar-refractivity contribution in [3.8, 4) is 10.7 Å². The number of aromatic nitrogens is 2. The predicted octanol–water partition coefficient (Wildman–Crippen LogP) is 5.00. The van der Waals surface area contributed by atoms with Crippen molar-refractivity contribution in [2.24, 2.45) is 0 Å². The molecule has 0 atom stereocenters. The number of aryl methyl sites for hydroxylation is 2. The number of rotatable bonds is 1. The standard InChI is InChI=1S/C10H7Br2ClN2S/c1-4-8(12)9(13)15-10(14-4)7-3-6(11)5(2)16-7/h3H,1-2H3. The van der Waals surface area contributed by atoms with E-state index in [1.165, 1.54) is 4.88 Å². The van der Waals surface area contributed by atoms with Gasteiger partial charge in [-0.25, -0.2) is 9.97 Å². The Kier molecular flexibility index (Phi) is 3.69. The van der Waals surface area contributed by atoms with Gasteiger partial charge in [0.25, 0.3) is 0 Å². The Balaban J connectivity index is 2.56. The lowest BCUT2D eigenvalue weighted by Crippen LogP contribution is -1.92. The van der Waals surface area contributed by atoms with E-state index in [9.17, 15) is 0 Å². The minimum Gasteiger partial charge on any atom is -0.231 e. The fraction of sp³-hybridized carbons (Fsp3) is 0.200. The second-order valence-corrected chi connectivity index (χ2v) is 6.51. The topological polar surface area (TPSA) is 25.8 Å². The van der Waals surface area contributed by atoms with Gasteiger partial charge in [-0.3, -0.25) is 0 Å². The molecule has 2 heterocycles. The highest BCUT2D eigenvalue weighted by atomic mass is 79.9. The zero-order valence-corrected chi connectivity index (χ0v) is 13.3. The Morgan fingerprint density at radius 1 is 1.25 bits per heavy atom. The van der Waals surface area contributed by atoms with Crippen molar-refractivity contribution in [2.75, 3.05) is 0 Å². The summed E-state index contributed by atoms with van der Waals surface area (Å²) in [5, 5.41) is 0.449. The molecular weight excluding hydrogens is 375 g/mol. The van der Waals surface area contributed by atoms with E-state index in [4.69, 9.17) is 11.6 Å². The maximum Gasteiger partial charge on any atom is 0.171 e. The van der Waals surface area contributed by atoms with Crippen LogP contribution < -0.4 is 0 Å². The first kappa shape index (κ1) is 12.5. The van der Waals surface area contributed by atoms with Gasteiger partial charge in [-0.2, -0.15) is 0 Å². The zero-order valence-electron chi connectivity index (χ0n) is 8.51. The second kappa shape index (κ2) is 4.72. The minimum absolute atomic E-state index is 0.449. The first-order valence-corrected chi connectivity index (χ1v) is 7.23. The van der Waals surface area contributed by atoms with Gasteiger partial charge in [-0.15, -0.1) is 11.3 Å². The molecule has 6 heteroatoms. The molecule has 16 heavy (non-hydrogen) atoms. The molecule has 0 N–H and O–H groups in total. The van der Waals surface area contributed by atoms with Crippen LogP contribution >= 0.6 is 54.8 Å². The molecule has 0 aliphatic rings. The van der Waals surface area contributed by atoms with E-state index < -0.39 is 0 Å². The molecule has 2 aromatic rings. The average molecular weight is 383 g/mol. The van der Waals surface area contributed by atoms with E-state index in [2.05, 4.69) is 41.8 Å². The summed E-state index contributed by atoms with van der Waals surface area (Å²) < 4.78 is 1.83. The van der Waals surface area contributed by atoms with E-state index in [1.54, 1.807) is 11.3 Å². The lowest BCUT2D eigenvalue weighted by Gasteiger charge is -2.02. The number of nitrogens with zero attached hydrogens (tertiary/aromatic N) is 2. The van der Waals surface area contributed by atoms with Crippen molar-refractivity contribution in [3.63, 3.8) is 0 Å². The molecule has 0 saturated carbocycles. The molecule has 84 valence electrons. The van der Waals surface area contributed by atoms with Crippen molar-refractivity contribution < 1.29 is 0 Å². The van der Waals surface area contributed by atoms with Gasteiger partial charge in [-0.1, -0.05) is 11.6 Å². The van der Waals surface area contributed by atoms with Gasteiger partial charge < -0.3 is 0 Å². The van der Waals surface area contributed by atoms with Gasteiger partial charge in [0, 0.05) is 9.35 Å². The van der Waals surface area contributed by atoms with Crippen LogP contribution in [0.4, 0.5) is 0 Å². The van der Waals surface area contributed by atoms with Gasteiger partial charge in [0.05, 0.1) is 15.0 Å². The van der Waals surface area contributed by atoms with Crippen molar-refractivity contribution in [2.45, 2.75) is 13.8 Å². The van der Waals surface area contributed by atoms with Crippen molar-refractivity contribution in [1.29, 1.82) is 0 Å². The number of halogens is 3. The fourth-order valence-electron chi connectivity index (χ4n) is 1.20. The highest BCUT2D eigenvalue weighted by Gasteiger charge is 2.12. The van der Waals surface area contributed by atoms with E-state index in [0.717, 1.165) is 19.5 Å². The SMILES string of the molecule is Cc1nc(-c2cc(Br)c(C)s2)nc(Cl)c1Br. The summed E-state index contributed by atoms with van der Waals surface area (Å²) in [6, 6.07) is 2.01. The molecule has 0 unspecified atom stereocenters. The summed E-state index contributed by atoms with van der Waals surface area (Å²) in [6.07, 6.45) is 0. The smallest absolute Gasteiger partial charge is 0.171 e. The van der Waals surface area contributed by atoms with E-state index in [1.807, 2.05) is 19.9 Å². The van der Waals surface area contributed by atoms with E-state index in [0.29, 0.717) is 11.0 Å². The summed E-state index contributed by atoms with van der Waals surface area (Å²) in [5.41, 5.74) is 0.845. The Bertz CT molecular complexity index is 511. The molecule has 0 aliphatic heterocycles. The molecular formula is C10H7Br2ClN2S. The Morgan fingerprint density at radius 3 is 2.44 bits per heavy atom. The van der Waals surface area contributed by atoms with Gasteiger partial charge in [-0.05, 0) is 51.8 Å². The minimum atomic E-state index is 0.449.